The Balaban J connectivity index is 2.53. The summed E-state index contributed by atoms with van der Waals surface area (Å²) in [6.45, 7) is 2.33. The fourth-order valence-corrected chi connectivity index (χ4v) is 2.38. The average Bonchev–Trinajstić information content (AvgIpc) is 2.20. The van der Waals surface area contributed by atoms with Crippen LogP contribution in [0, 0.1) is 0 Å². The highest BCUT2D eigenvalue weighted by molar-refractivity contribution is 7.99. The minimum atomic E-state index is 0.235. The molecule has 1 aromatic rings. The Hall–Kier alpha value is -0.380. The zero-order valence-electron chi connectivity index (χ0n) is 8.74. The van der Waals surface area contributed by atoms with Gasteiger partial charge in [0.05, 0.1) is 0 Å². The molecular formula is C11H16ClNOS. The van der Waals surface area contributed by atoms with E-state index in [1.165, 1.54) is 0 Å². The van der Waals surface area contributed by atoms with Crippen LogP contribution in [-0.2, 0) is 5.75 Å². The first kappa shape index (κ1) is 12.7. The molecule has 0 spiro atoms. The smallest absolute Gasteiger partial charge is 0.0441 e. The number of aliphatic hydroxyl groups excluding tert-OH is 1. The Kier molecular flexibility index (Phi) is 5.29. The lowest BCUT2D eigenvalue weighted by Gasteiger charge is -2.11. The van der Waals surface area contributed by atoms with Gasteiger partial charge in [-0.15, -0.1) is 0 Å². The second-order valence-electron chi connectivity index (χ2n) is 3.48. The molecule has 4 heteroatoms. The number of nitrogen functional groups attached to an aromatic ring is 1. The van der Waals surface area contributed by atoms with Gasteiger partial charge in [0.25, 0.3) is 0 Å². The van der Waals surface area contributed by atoms with E-state index in [-0.39, 0.29) is 6.61 Å². The summed E-state index contributed by atoms with van der Waals surface area (Å²) in [5.74, 6) is 0.841. The van der Waals surface area contributed by atoms with Crippen molar-refractivity contribution >= 4 is 29.1 Å². The highest BCUT2D eigenvalue weighted by Crippen LogP contribution is 2.25. The van der Waals surface area contributed by atoms with E-state index in [9.17, 15) is 0 Å². The maximum atomic E-state index is 8.77. The Morgan fingerprint density at radius 2 is 2.27 bits per heavy atom. The van der Waals surface area contributed by atoms with Crippen molar-refractivity contribution in [1.29, 1.82) is 0 Å². The molecule has 2 nitrogen and oxygen atoms in total. The van der Waals surface area contributed by atoms with Crippen LogP contribution in [0.3, 0.4) is 0 Å². The molecule has 0 radical (unpaired) electrons. The average molecular weight is 246 g/mol. The number of thioether (sulfide) groups is 1. The summed E-state index contributed by atoms with van der Waals surface area (Å²) in [6, 6.07) is 5.52. The SMILES string of the molecule is CC(CCO)SCc1cc(Cl)ccc1N. The fourth-order valence-electron chi connectivity index (χ4n) is 1.20. The van der Waals surface area contributed by atoms with Crippen LogP contribution in [0.5, 0.6) is 0 Å². The summed E-state index contributed by atoms with van der Waals surface area (Å²) in [5.41, 5.74) is 7.68. The first-order valence-corrected chi connectivity index (χ1v) is 6.32. The van der Waals surface area contributed by atoms with Crippen molar-refractivity contribution < 1.29 is 5.11 Å². The van der Waals surface area contributed by atoms with E-state index in [1.54, 1.807) is 17.8 Å². The lowest BCUT2D eigenvalue weighted by molar-refractivity contribution is 0.289. The van der Waals surface area contributed by atoms with Crippen LogP contribution in [0.15, 0.2) is 18.2 Å². The number of benzene rings is 1. The molecule has 1 unspecified atom stereocenters. The van der Waals surface area contributed by atoms with Gasteiger partial charge in [-0.25, -0.2) is 0 Å². The van der Waals surface area contributed by atoms with Crippen LogP contribution in [0.2, 0.25) is 5.02 Å². The third-order valence-corrected chi connectivity index (χ3v) is 3.68. The van der Waals surface area contributed by atoms with Crippen molar-refractivity contribution in [3.8, 4) is 0 Å². The maximum Gasteiger partial charge on any atom is 0.0441 e. The molecule has 3 N–H and O–H groups in total. The topological polar surface area (TPSA) is 46.2 Å². The third kappa shape index (κ3) is 4.33. The summed E-state index contributed by atoms with van der Waals surface area (Å²) in [5, 5.41) is 9.93. The number of hydrogen-bond donors (Lipinski definition) is 2. The van der Waals surface area contributed by atoms with E-state index >= 15 is 0 Å². The van der Waals surface area contributed by atoms with Crippen LogP contribution in [0.25, 0.3) is 0 Å². The van der Waals surface area contributed by atoms with Crippen molar-refractivity contribution in [1.82, 2.24) is 0 Å². The quantitative estimate of drug-likeness (QED) is 0.785. The van der Waals surface area contributed by atoms with Crippen molar-refractivity contribution in [2.24, 2.45) is 0 Å². The predicted molar refractivity (Wildman–Crippen MR) is 68.3 cm³/mol. The number of anilines is 1. The van der Waals surface area contributed by atoms with E-state index in [2.05, 4.69) is 6.92 Å². The molecule has 84 valence electrons. The minimum Gasteiger partial charge on any atom is -0.398 e. The van der Waals surface area contributed by atoms with E-state index < -0.39 is 0 Å². The molecule has 0 aliphatic rings. The Morgan fingerprint density at radius 3 is 2.93 bits per heavy atom. The molecule has 1 aromatic carbocycles. The number of nitrogens with two attached hydrogens (primary N) is 1. The molecular weight excluding hydrogens is 230 g/mol. The lowest BCUT2D eigenvalue weighted by atomic mass is 10.2. The van der Waals surface area contributed by atoms with Crippen LogP contribution in [0.4, 0.5) is 5.69 Å². The Morgan fingerprint density at radius 1 is 1.53 bits per heavy atom. The van der Waals surface area contributed by atoms with E-state index in [0.29, 0.717) is 5.25 Å². The summed E-state index contributed by atoms with van der Waals surface area (Å²) >= 11 is 7.67. The Bertz CT molecular complexity index is 319. The van der Waals surface area contributed by atoms with Crippen LogP contribution in [0.1, 0.15) is 18.9 Å². The predicted octanol–water partition coefficient (Wildman–Crippen LogP) is 2.93. The summed E-state index contributed by atoms with van der Waals surface area (Å²) in [7, 11) is 0. The molecule has 0 amide bonds. The van der Waals surface area contributed by atoms with Gasteiger partial charge in [0.15, 0.2) is 0 Å². The normalized spacial score (nSPS) is 12.7. The van der Waals surface area contributed by atoms with Crippen molar-refractivity contribution in [2.75, 3.05) is 12.3 Å². The maximum absolute atomic E-state index is 8.77. The molecule has 0 aliphatic carbocycles. The molecule has 15 heavy (non-hydrogen) atoms. The van der Waals surface area contributed by atoms with Gasteiger partial charge in [0.1, 0.15) is 0 Å². The monoisotopic (exact) mass is 245 g/mol. The molecule has 1 atom stereocenters. The third-order valence-electron chi connectivity index (χ3n) is 2.16. The van der Waals surface area contributed by atoms with Gasteiger partial charge in [-0.05, 0) is 30.2 Å². The highest BCUT2D eigenvalue weighted by atomic mass is 35.5. The summed E-state index contributed by atoms with van der Waals surface area (Å²) in [6.07, 6.45) is 0.811. The summed E-state index contributed by atoms with van der Waals surface area (Å²) < 4.78 is 0. The van der Waals surface area contributed by atoms with Crippen LogP contribution in [-0.4, -0.2) is 17.0 Å². The zero-order chi connectivity index (χ0) is 11.3. The van der Waals surface area contributed by atoms with Gasteiger partial charge in [0.2, 0.25) is 0 Å². The van der Waals surface area contributed by atoms with E-state index in [0.717, 1.165) is 28.4 Å². The van der Waals surface area contributed by atoms with Gasteiger partial charge in [-0.2, -0.15) is 11.8 Å². The van der Waals surface area contributed by atoms with Gasteiger partial charge < -0.3 is 10.8 Å². The molecule has 0 aliphatic heterocycles. The number of rotatable bonds is 5. The van der Waals surface area contributed by atoms with Crippen LogP contribution >= 0.6 is 23.4 Å². The standard InChI is InChI=1S/C11H16ClNOS/c1-8(4-5-14)15-7-9-6-10(12)2-3-11(9)13/h2-3,6,8,14H,4-5,7,13H2,1H3. The molecule has 1 rings (SSSR count). The van der Waals surface area contributed by atoms with Gasteiger partial charge in [-0.1, -0.05) is 18.5 Å². The van der Waals surface area contributed by atoms with Crippen LogP contribution < -0.4 is 5.73 Å². The van der Waals surface area contributed by atoms with Crippen molar-refractivity contribution in [2.45, 2.75) is 24.3 Å². The largest absolute Gasteiger partial charge is 0.398 e. The second kappa shape index (κ2) is 6.26. The van der Waals surface area contributed by atoms with E-state index in [4.69, 9.17) is 22.4 Å². The molecule has 0 aromatic heterocycles. The number of aliphatic hydroxyl groups is 1. The molecule has 0 saturated carbocycles. The molecule has 0 fully saturated rings. The van der Waals surface area contributed by atoms with Crippen molar-refractivity contribution in [3.63, 3.8) is 0 Å². The lowest BCUT2D eigenvalue weighted by Crippen LogP contribution is -2.01. The van der Waals surface area contributed by atoms with Gasteiger partial charge in [0, 0.05) is 28.3 Å². The van der Waals surface area contributed by atoms with E-state index in [1.807, 2.05) is 12.1 Å². The summed E-state index contributed by atoms with van der Waals surface area (Å²) in [4.78, 5) is 0. The van der Waals surface area contributed by atoms with Gasteiger partial charge in [-0.3, -0.25) is 0 Å². The highest BCUT2D eigenvalue weighted by Gasteiger charge is 2.05. The number of halogens is 1. The minimum absolute atomic E-state index is 0.235. The molecule has 0 heterocycles. The first-order valence-electron chi connectivity index (χ1n) is 4.90. The molecule has 0 saturated heterocycles. The van der Waals surface area contributed by atoms with Crippen molar-refractivity contribution in [3.05, 3.63) is 28.8 Å². The zero-order valence-corrected chi connectivity index (χ0v) is 10.3. The fraction of sp³-hybridized carbons (Fsp3) is 0.455. The number of hydrogen-bond acceptors (Lipinski definition) is 3. The molecule has 0 bridgehead atoms. The van der Waals surface area contributed by atoms with Gasteiger partial charge >= 0.3 is 0 Å². The second-order valence-corrected chi connectivity index (χ2v) is 5.34. The first-order chi connectivity index (χ1) is 7.13. The Labute approximate surface area is 99.8 Å².